The van der Waals surface area contributed by atoms with E-state index in [0.29, 0.717) is 49.8 Å². The van der Waals surface area contributed by atoms with Crippen LogP contribution in [0.15, 0.2) is 78.9 Å². The van der Waals surface area contributed by atoms with Crippen LogP contribution < -0.4 is 15.5 Å². The number of carbonyl (C=O) groups excluding carboxylic acids is 4. The first-order valence-corrected chi connectivity index (χ1v) is 17.8. The molecule has 50 heavy (non-hydrogen) atoms. The number of esters is 1. The van der Waals surface area contributed by atoms with Gasteiger partial charge in [0.05, 0.1) is 13.0 Å². The minimum Gasteiger partial charge on any atom is -0.464 e. The normalized spacial score (nSPS) is 15.5. The van der Waals surface area contributed by atoms with E-state index in [0.717, 1.165) is 16.8 Å². The van der Waals surface area contributed by atoms with E-state index in [1.165, 1.54) is 29.3 Å². The highest BCUT2D eigenvalue weighted by atomic mass is 35.5. The Balaban J connectivity index is 1.55. The second kappa shape index (κ2) is 19.9. The number of nitrogens with one attached hydrogen (secondary N) is 2. The van der Waals surface area contributed by atoms with E-state index < -0.39 is 47.7 Å². The monoisotopic (exact) mass is 728 g/mol. The Hall–Kier alpha value is -4.19. The van der Waals surface area contributed by atoms with Crippen LogP contribution in [-0.2, 0) is 48.0 Å². The Morgan fingerprint density at radius 1 is 0.880 bits per heavy atom. The van der Waals surface area contributed by atoms with Gasteiger partial charge in [-0.25, -0.2) is 14.0 Å². The lowest BCUT2D eigenvalue weighted by Gasteiger charge is -2.27. The molecule has 4 rings (SSSR count). The van der Waals surface area contributed by atoms with Crippen LogP contribution >= 0.6 is 23.2 Å². The number of benzene rings is 3. The second-order valence-electron chi connectivity index (χ2n) is 11.9. The largest absolute Gasteiger partial charge is 0.464 e. The van der Waals surface area contributed by atoms with Gasteiger partial charge in [0, 0.05) is 49.9 Å². The predicted molar refractivity (Wildman–Crippen MR) is 190 cm³/mol. The van der Waals surface area contributed by atoms with Crippen molar-refractivity contribution in [2.45, 2.75) is 57.2 Å². The first-order valence-electron chi connectivity index (χ1n) is 16.7. The van der Waals surface area contributed by atoms with Gasteiger partial charge in [-0.2, -0.15) is 0 Å². The number of hydroxylamine groups is 2. The van der Waals surface area contributed by atoms with Crippen LogP contribution in [-0.4, -0.2) is 84.9 Å². The second-order valence-corrected chi connectivity index (χ2v) is 12.6. The van der Waals surface area contributed by atoms with Crippen LogP contribution in [0.1, 0.15) is 36.5 Å². The number of hydrogen-bond donors (Lipinski definition) is 2. The molecule has 0 aromatic heterocycles. The molecule has 1 fully saturated rings. The summed E-state index contributed by atoms with van der Waals surface area (Å²) in [5.74, 6) is -1.94. The SMILES string of the molecule is CCOC(=O)C(Cc1ccc(F)cc1)NC(=O)C(Cc1cccc(N(CCCl)CCCl)c1)NC(=O)C1CCCN1OC(=O)Cc1ccccc1. The number of rotatable bonds is 18. The zero-order valence-corrected chi connectivity index (χ0v) is 29.5. The van der Waals surface area contributed by atoms with Crippen LogP contribution in [0.25, 0.3) is 0 Å². The first kappa shape index (κ1) is 38.6. The number of amides is 2. The summed E-state index contributed by atoms with van der Waals surface area (Å²) >= 11 is 12.1. The number of ether oxygens (including phenoxy) is 1. The highest BCUT2D eigenvalue weighted by molar-refractivity contribution is 6.18. The summed E-state index contributed by atoms with van der Waals surface area (Å²) < 4.78 is 18.8. The maximum Gasteiger partial charge on any atom is 0.329 e. The highest BCUT2D eigenvalue weighted by Gasteiger charge is 2.36. The molecular formula is C37H43Cl2FN4O6. The van der Waals surface area contributed by atoms with Crippen molar-refractivity contribution in [2.75, 3.05) is 42.9 Å². The molecule has 0 saturated carbocycles. The Labute approximate surface area is 302 Å². The average molecular weight is 730 g/mol. The van der Waals surface area contributed by atoms with Gasteiger partial charge in [0.1, 0.15) is 23.9 Å². The summed E-state index contributed by atoms with van der Waals surface area (Å²) in [7, 11) is 0. The van der Waals surface area contributed by atoms with Gasteiger partial charge in [0.25, 0.3) is 0 Å². The number of halogens is 3. The third-order valence-electron chi connectivity index (χ3n) is 8.21. The van der Waals surface area contributed by atoms with Crippen molar-refractivity contribution in [3.63, 3.8) is 0 Å². The van der Waals surface area contributed by atoms with Gasteiger partial charge in [-0.05, 0) is 60.7 Å². The smallest absolute Gasteiger partial charge is 0.329 e. The summed E-state index contributed by atoms with van der Waals surface area (Å²) in [6.45, 7) is 3.22. The molecule has 13 heteroatoms. The molecule has 3 aromatic rings. The summed E-state index contributed by atoms with van der Waals surface area (Å²) in [5, 5.41) is 6.99. The molecule has 268 valence electrons. The van der Waals surface area contributed by atoms with Crippen LogP contribution in [0.4, 0.5) is 10.1 Å². The topological polar surface area (TPSA) is 117 Å². The van der Waals surface area contributed by atoms with Gasteiger partial charge in [0.15, 0.2) is 0 Å². The van der Waals surface area contributed by atoms with Crippen molar-refractivity contribution in [3.05, 3.63) is 101 Å². The number of alkyl halides is 2. The molecule has 1 heterocycles. The van der Waals surface area contributed by atoms with E-state index in [4.69, 9.17) is 32.8 Å². The molecule has 1 aliphatic heterocycles. The quantitative estimate of drug-likeness (QED) is 0.144. The lowest BCUT2D eigenvalue weighted by molar-refractivity contribution is -0.194. The van der Waals surface area contributed by atoms with Gasteiger partial charge in [-0.1, -0.05) is 54.6 Å². The van der Waals surface area contributed by atoms with Gasteiger partial charge in [-0.3, -0.25) is 9.59 Å². The summed E-state index contributed by atoms with van der Waals surface area (Å²) in [6.07, 6.45) is 1.18. The van der Waals surface area contributed by atoms with Crippen molar-refractivity contribution in [1.82, 2.24) is 15.7 Å². The number of hydrogen-bond acceptors (Lipinski definition) is 8. The third kappa shape index (κ3) is 11.7. The molecule has 2 amide bonds. The highest BCUT2D eigenvalue weighted by Crippen LogP contribution is 2.21. The summed E-state index contributed by atoms with van der Waals surface area (Å²) in [4.78, 5) is 61.2. The zero-order chi connectivity index (χ0) is 35.9. The Morgan fingerprint density at radius 3 is 2.24 bits per heavy atom. The Kier molecular flexibility index (Phi) is 15.3. The lowest BCUT2D eigenvalue weighted by Crippen LogP contribution is -2.56. The lowest BCUT2D eigenvalue weighted by atomic mass is 10.0. The summed E-state index contributed by atoms with van der Waals surface area (Å²) in [5.41, 5.74) is 2.97. The molecule has 0 aliphatic carbocycles. The zero-order valence-electron chi connectivity index (χ0n) is 28.0. The molecule has 0 radical (unpaired) electrons. The molecule has 3 aromatic carbocycles. The van der Waals surface area contributed by atoms with E-state index in [-0.39, 0.29) is 25.9 Å². The first-order chi connectivity index (χ1) is 24.2. The van der Waals surface area contributed by atoms with E-state index in [1.54, 1.807) is 6.92 Å². The predicted octanol–water partition coefficient (Wildman–Crippen LogP) is 4.59. The van der Waals surface area contributed by atoms with E-state index in [1.807, 2.05) is 59.5 Å². The molecule has 1 saturated heterocycles. The number of anilines is 1. The van der Waals surface area contributed by atoms with Crippen LogP contribution in [0, 0.1) is 5.82 Å². The molecule has 10 nitrogen and oxygen atoms in total. The van der Waals surface area contributed by atoms with E-state index >= 15 is 0 Å². The van der Waals surface area contributed by atoms with Crippen molar-refractivity contribution in [1.29, 1.82) is 0 Å². The molecule has 0 bridgehead atoms. The molecule has 0 spiro atoms. The van der Waals surface area contributed by atoms with Crippen LogP contribution in [0.5, 0.6) is 0 Å². The van der Waals surface area contributed by atoms with Crippen molar-refractivity contribution >= 4 is 52.6 Å². The van der Waals surface area contributed by atoms with Gasteiger partial charge >= 0.3 is 11.9 Å². The van der Waals surface area contributed by atoms with E-state index in [9.17, 15) is 23.6 Å². The molecule has 1 aliphatic rings. The molecule has 3 unspecified atom stereocenters. The maximum atomic E-state index is 14.0. The standard InChI is InChI=1S/C37H43Cl2FN4O6/c1-2-49-37(48)32(23-27-13-15-29(40)16-14-27)42-35(46)31(24-28-10-6-11-30(22-28)43(20-17-38)21-18-39)41-36(47)33-12-7-19-44(33)50-34(45)25-26-8-4-3-5-9-26/h3-6,8-11,13-16,22,31-33H,2,7,12,17-21,23-25H2,1H3,(H,41,47)(H,42,46). The van der Waals surface area contributed by atoms with Crippen molar-refractivity contribution in [3.8, 4) is 0 Å². The van der Waals surface area contributed by atoms with Crippen molar-refractivity contribution in [2.24, 2.45) is 0 Å². The van der Waals surface area contributed by atoms with Gasteiger partial charge in [-0.15, -0.1) is 28.3 Å². The summed E-state index contributed by atoms with van der Waals surface area (Å²) in [6, 6.07) is 19.2. The van der Waals surface area contributed by atoms with Gasteiger partial charge < -0.3 is 25.1 Å². The number of carbonyl (C=O) groups is 4. The Bertz CT molecular complexity index is 1560. The Morgan fingerprint density at radius 2 is 1.56 bits per heavy atom. The number of nitrogens with zero attached hydrogens (tertiary/aromatic N) is 2. The third-order valence-corrected chi connectivity index (χ3v) is 8.55. The minimum atomic E-state index is -1.13. The van der Waals surface area contributed by atoms with Gasteiger partial charge in [0.2, 0.25) is 11.8 Å². The average Bonchev–Trinajstić information content (AvgIpc) is 3.57. The van der Waals surface area contributed by atoms with Crippen LogP contribution in [0.3, 0.4) is 0 Å². The van der Waals surface area contributed by atoms with Crippen molar-refractivity contribution < 1.29 is 33.1 Å². The fraction of sp³-hybridized carbons (Fsp3) is 0.405. The van der Waals surface area contributed by atoms with Crippen LogP contribution in [0.2, 0.25) is 0 Å². The molecular weight excluding hydrogens is 686 g/mol. The molecule has 2 N–H and O–H groups in total. The fourth-order valence-corrected chi connectivity index (χ4v) is 6.18. The minimum absolute atomic E-state index is 0.0422. The molecule has 3 atom stereocenters. The fourth-order valence-electron chi connectivity index (χ4n) is 5.77. The maximum absolute atomic E-state index is 14.0. The van der Waals surface area contributed by atoms with E-state index in [2.05, 4.69) is 10.6 Å².